The number of aromatic nitrogens is 1. The lowest BCUT2D eigenvalue weighted by Gasteiger charge is -2.28. The van der Waals surface area contributed by atoms with E-state index in [1.165, 1.54) is 26.2 Å². The van der Waals surface area contributed by atoms with Crippen LogP contribution < -0.4 is 9.47 Å². The van der Waals surface area contributed by atoms with E-state index in [0.29, 0.717) is 41.3 Å². The van der Waals surface area contributed by atoms with E-state index < -0.39 is 23.7 Å². The molecule has 1 aliphatic heterocycles. The first kappa shape index (κ1) is 28.8. The van der Waals surface area contributed by atoms with Crippen LogP contribution in [0.4, 0.5) is 0 Å². The fourth-order valence-corrected chi connectivity index (χ4v) is 5.04. The Labute approximate surface area is 223 Å². The number of carbonyl (C=O) groups is 3. The van der Waals surface area contributed by atoms with Crippen LogP contribution >= 0.6 is 0 Å². The molecular weight excluding hydrogens is 490 g/mol. The number of ketones is 1. The SMILES string of the molecule is CCN(CC)CCCN1C(=O)C(=O)/C(=C(/O)c2c(C)[nH]c(C(=O)OC)c2C)[C@@H]1c1cc(OC)ccc1OC. The maximum absolute atomic E-state index is 13.5. The van der Waals surface area contributed by atoms with Gasteiger partial charge in [0.05, 0.1) is 32.9 Å². The lowest BCUT2D eigenvalue weighted by atomic mass is 9.93. The van der Waals surface area contributed by atoms with Crippen molar-refractivity contribution in [2.24, 2.45) is 0 Å². The molecule has 0 saturated carbocycles. The molecule has 0 spiro atoms. The Morgan fingerprint density at radius 3 is 2.37 bits per heavy atom. The van der Waals surface area contributed by atoms with Gasteiger partial charge >= 0.3 is 5.97 Å². The number of nitrogens with one attached hydrogen (secondary N) is 1. The number of amides is 1. The van der Waals surface area contributed by atoms with Gasteiger partial charge in [0.2, 0.25) is 0 Å². The van der Waals surface area contributed by atoms with E-state index in [4.69, 9.17) is 14.2 Å². The lowest BCUT2D eigenvalue weighted by Crippen LogP contribution is -2.33. The third kappa shape index (κ3) is 5.26. The number of H-pyrrole nitrogens is 1. The molecule has 3 rings (SSSR count). The number of carbonyl (C=O) groups excluding carboxylic acids is 3. The van der Waals surface area contributed by atoms with Crippen LogP contribution in [0, 0.1) is 13.8 Å². The van der Waals surface area contributed by atoms with Gasteiger partial charge in [-0.05, 0) is 63.7 Å². The highest BCUT2D eigenvalue weighted by Gasteiger charge is 2.47. The molecule has 0 radical (unpaired) electrons. The molecule has 1 fully saturated rings. The van der Waals surface area contributed by atoms with Crippen LogP contribution in [-0.2, 0) is 14.3 Å². The summed E-state index contributed by atoms with van der Waals surface area (Å²) in [6.45, 7) is 10.2. The zero-order chi connectivity index (χ0) is 28.1. The van der Waals surface area contributed by atoms with Gasteiger partial charge in [0, 0.05) is 23.4 Å². The van der Waals surface area contributed by atoms with Gasteiger partial charge in [0.1, 0.15) is 23.0 Å². The molecule has 10 heteroatoms. The van der Waals surface area contributed by atoms with Crippen molar-refractivity contribution in [2.75, 3.05) is 47.5 Å². The maximum atomic E-state index is 13.5. The second-order valence-corrected chi connectivity index (χ2v) is 9.10. The van der Waals surface area contributed by atoms with Gasteiger partial charge in [-0.1, -0.05) is 13.8 Å². The normalized spacial score (nSPS) is 16.8. The Bertz CT molecular complexity index is 1240. The molecule has 1 aliphatic rings. The minimum atomic E-state index is -0.924. The minimum Gasteiger partial charge on any atom is -0.507 e. The van der Waals surface area contributed by atoms with Crippen molar-refractivity contribution in [1.82, 2.24) is 14.8 Å². The minimum absolute atomic E-state index is 0.0778. The Hall–Kier alpha value is -3.79. The largest absolute Gasteiger partial charge is 0.507 e. The Morgan fingerprint density at radius 1 is 1.11 bits per heavy atom. The van der Waals surface area contributed by atoms with E-state index in [2.05, 4.69) is 23.7 Å². The standard InChI is InChI=1S/C28H37N3O7/c1-8-30(9-2)13-10-14-31-24(19-15-18(36-5)11-12-20(19)37-6)22(26(33)27(31)34)25(32)21-16(3)23(28(35)38-7)29-17(21)4/h11-12,15,24,29,32H,8-10,13-14H2,1-7H3/b25-22+/t24-/m0/s1. The number of likely N-dealkylation sites (tertiary alicyclic amines) is 1. The van der Waals surface area contributed by atoms with Crippen LogP contribution in [0.2, 0.25) is 0 Å². The highest BCUT2D eigenvalue weighted by Crippen LogP contribution is 2.44. The van der Waals surface area contributed by atoms with Crippen molar-refractivity contribution in [3.63, 3.8) is 0 Å². The lowest BCUT2D eigenvalue weighted by molar-refractivity contribution is -0.140. The van der Waals surface area contributed by atoms with Crippen molar-refractivity contribution in [3.05, 3.63) is 51.9 Å². The molecule has 1 saturated heterocycles. The molecule has 2 heterocycles. The number of nitrogens with zero attached hydrogens (tertiary/aromatic N) is 2. The molecule has 2 N–H and O–H groups in total. The summed E-state index contributed by atoms with van der Waals surface area (Å²) in [6.07, 6.45) is 0.631. The molecule has 1 atom stereocenters. The van der Waals surface area contributed by atoms with Gasteiger partial charge < -0.3 is 34.1 Å². The number of aliphatic hydroxyl groups excluding tert-OH is 1. The first-order valence-electron chi connectivity index (χ1n) is 12.6. The smallest absolute Gasteiger partial charge is 0.354 e. The van der Waals surface area contributed by atoms with Gasteiger partial charge in [-0.3, -0.25) is 9.59 Å². The highest BCUT2D eigenvalue weighted by molar-refractivity contribution is 6.46. The van der Waals surface area contributed by atoms with E-state index in [-0.39, 0.29) is 22.6 Å². The summed E-state index contributed by atoms with van der Waals surface area (Å²) in [5.74, 6) is -1.54. The van der Waals surface area contributed by atoms with Crippen molar-refractivity contribution >= 4 is 23.4 Å². The number of benzene rings is 1. The number of hydrogen-bond donors (Lipinski definition) is 2. The number of ether oxygens (including phenoxy) is 3. The summed E-state index contributed by atoms with van der Waals surface area (Å²) < 4.78 is 15.9. The predicted molar refractivity (Wildman–Crippen MR) is 143 cm³/mol. The number of esters is 1. The van der Waals surface area contributed by atoms with Gasteiger partial charge in [0.15, 0.2) is 0 Å². The van der Waals surface area contributed by atoms with Crippen LogP contribution in [0.3, 0.4) is 0 Å². The van der Waals surface area contributed by atoms with Gasteiger partial charge in [-0.15, -0.1) is 0 Å². The second kappa shape index (κ2) is 12.2. The average molecular weight is 528 g/mol. The fourth-order valence-electron chi connectivity index (χ4n) is 5.04. The molecule has 2 aromatic rings. The number of aryl methyl sites for hydroxylation is 1. The monoisotopic (exact) mass is 527 g/mol. The summed E-state index contributed by atoms with van der Waals surface area (Å²) >= 11 is 0. The van der Waals surface area contributed by atoms with E-state index in [1.54, 1.807) is 32.0 Å². The molecule has 0 bridgehead atoms. The van der Waals surface area contributed by atoms with E-state index >= 15 is 0 Å². The molecule has 0 aliphatic carbocycles. The van der Waals surface area contributed by atoms with Crippen LogP contribution in [0.25, 0.3) is 5.76 Å². The first-order chi connectivity index (χ1) is 18.1. The quantitative estimate of drug-likeness (QED) is 0.197. The van der Waals surface area contributed by atoms with Gasteiger partial charge in [0.25, 0.3) is 11.7 Å². The number of aromatic amines is 1. The van der Waals surface area contributed by atoms with Crippen molar-refractivity contribution in [3.8, 4) is 11.5 Å². The maximum Gasteiger partial charge on any atom is 0.354 e. The number of rotatable bonds is 11. The number of methoxy groups -OCH3 is 3. The third-order valence-corrected chi connectivity index (χ3v) is 7.10. The summed E-state index contributed by atoms with van der Waals surface area (Å²) in [4.78, 5) is 45.8. The predicted octanol–water partition coefficient (Wildman–Crippen LogP) is 3.59. The Kier molecular flexibility index (Phi) is 9.22. The van der Waals surface area contributed by atoms with Crippen molar-refractivity contribution < 1.29 is 33.7 Å². The fraction of sp³-hybridized carbons (Fsp3) is 0.464. The highest BCUT2D eigenvalue weighted by atomic mass is 16.5. The van der Waals surface area contributed by atoms with Crippen molar-refractivity contribution in [2.45, 2.75) is 40.2 Å². The van der Waals surface area contributed by atoms with Crippen LogP contribution in [0.15, 0.2) is 23.8 Å². The zero-order valence-corrected chi connectivity index (χ0v) is 23.1. The van der Waals surface area contributed by atoms with E-state index in [9.17, 15) is 19.5 Å². The molecule has 10 nitrogen and oxygen atoms in total. The van der Waals surface area contributed by atoms with Gasteiger partial charge in [-0.25, -0.2) is 4.79 Å². The summed E-state index contributed by atoms with van der Waals surface area (Å²) in [6, 6.07) is 4.20. The number of Topliss-reactive ketones (excluding diaryl/α,β-unsaturated/α-hetero) is 1. The first-order valence-corrected chi connectivity index (χ1v) is 12.6. The van der Waals surface area contributed by atoms with E-state index in [0.717, 1.165) is 19.6 Å². The topological polar surface area (TPSA) is 121 Å². The van der Waals surface area contributed by atoms with Crippen molar-refractivity contribution in [1.29, 1.82) is 0 Å². The average Bonchev–Trinajstić information content (AvgIpc) is 3.36. The summed E-state index contributed by atoms with van der Waals surface area (Å²) in [5.41, 5.74) is 1.75. The summed E-state index contributed by atoms with van der Waals surface area (Å²) in [5, 5.41) is 11.6. The molecule has 1 amide bonds. The molecule has 0 unspecified atom stereocenters. The van der Waals surface area contributed by atoms with E-state index in [1.807, 2.05) is 0 Å². The zero-order valence-electron chi connectivity index (χ0n) is 23.1. The second-order valence-electron chi connectivity index (χ2n) is 9.10. The molecule has 38 heavy (non-hydrogen) atoms. The van der Waals surface area contributed by atoms with Crippen LogP contribution in [0.1, 0.15) is 59.2 Å². The Morgan fingerprint density at radius 2 is 1.79 bits per heavy atom. The molecule has 1 aromatic carbocycles. The molecule has 206 valence electrons. The van der Waals surface area contributed by atoms with Crippen LogP contribution in [0.5, 0.6) is 11.5 Å². The Balaban J connectivity index is 2.22. The van der Waals surface area contributed by atoms with Gasteiger partial charge in [-0.2, -0.15) is 0 Å². The third-order valence-electron chi connectivity index (χ3n) is 7.10. The summed E-state index contributed by atoms with van der Waals surface area (Å²) in [7, 11) is 4.28. The molecular formula is C28H37N3O7. The number of aliphatic hydroxyl groups is 1. The van der Waals surface area contributed by atoms with Crippen LogP contribution in [-0.4, -0.2) is 85.1 Å². The number of hydrogen-bond acceptors (Lipinski definition) is 8. The molecule has 1 aromatic heterocycles.